The van der Waals surface area contributed by atoms with E-state index in [2.05, 4.69) is 20.0 Å². The predicted molar refractivity (Wildman–Crippen MR) is 128 cm³/mol. The van der Waals surface area contributed by atoms with E-state index in [1.807, 2.05) is 60.7 Å². The molecule has 2 heterocycles. The van der Waals surface area contributed by atoms with Crippen LogP contribution in [0.25, 0.3) is 11.4 Å². The van der Waals surface area contributed by atoms with Gasteiger partial charge < -0.3 is 14.5 Å². The van der Waals surface area contributed by atoms with Gasteiger partial charge in [0.2, 0.25) is 5.95 Å². The van der Waals surface area contributed by atoms with Gasteiger partial charge in [-0.05, 0) is 54.1 Å². The molecule has 168 valence electrons. The summed E-state index contributed by atoms with van der Waals surface area (Å²) >= 11 is 5.91. The van der Waals surface area contributed by atoms with E-state index in [9.17, 15) is 4.39 Å². The second-order valence-electron chi connectivity index (χ2n) is 7.87. The highest BCUT2D eigenvalue weighted by atomic mass is 35.5. The van der Waals surface area contributed by atoms with Crippen molar-refractivity contribution in [2.45, 2.75) is 6.61 Å². The molecule has 4 aromatic rings. The Labute approximate surface area is 196 Å². The van der Waals surface area contributed by atoms with Gasteiger partial charge in [-0.15, -0.1) is 5.10 Å². The van der Waals surface area contributed by atoms with E-state index < -0.39 is 0 Å². The summed E-state index contributed by atoms with van der Waals surface area (Å²) in [7, 11) is 0. The molecule has 1 saturated heterocycles. The monoisotopic (exact) mass is 463 g/mol. The van der Waals surface area contributed by atoms with E-state index in [4.69, 9.17) is 21.3 Å². The zero-order chi connectivity index (χ0) is 22.6. The van der Waals surface area contributed by atoms with Gasteiger partial charge in [-0.2, -0.15) is 4.98 Å². The molecule has 0 aliphatic carbocycles. The standard InChI is InChI=1S/C25H23ClFN5O/c26-20-5-11-23(12-6-20)33-17-18-1-3-19(4-2-18)24-28-25(30-29-24)32-15-13-31(14-16-32)22-9-7-21(27)8-10-22/h1-12H,13-17H2,(H,28,29,30). The summed E-state index contributed by atoms with van der Waals surface area (Å²) in [5.74, 6) is 1.99. The summed E-state index contributed by atoms with van der Waals surface area (Å²) in [5.41, 5.74) is 3.06. The normalized spacial score (nSPS) is 13.9. The smallest absolute Gasteiger partial charge is 0.245 e. The third kappa shape index (κ3) is 5.09. The summed E-state index contributed by atoms with van der Waals surface area (Å²) in [5, 5.41) is 8.15. The summed E-state index contributed by atoms with van der Waals surface area (Å²) < 4.78 is 19.0. The molecule has 33 heavy (non-hydrogen) atoms. The molecule has 1 aromatic heterocycles. The first kappa shape index (κ1) is 21.3. The first-order valence-electron chi connectivity index (χ1n) is 10.8. The first-order chi connectivity index (χ1) is 16.1. The number of aromatic nitrogens is 3. The van der Waals surface area contributed by atoms with Gasteiger partial charge in [0.25, 0.3) is 0 Å². The fourth-order valence-electron chi connectivity index (χ4n) is 3.80. The number of nitrogens with zero attached hydrogens (tertiary/aromatic N) is 4. The number of rotatable bonds is 6. The molecule has 1 N–H and O–H groups in total. The van der Waals surface area contributed by atoms with Crippen LogP contribution >= 0.6 is 11.6 Å². The predicted octanol–water partition coefficient (Wildman–Crippen LogP) is 5.17. The lowest BCUT2D eigenvalue weighted by molar-refractivity contribution is 0.306. The van der Waals surface area contributed by atoms with Crippen LogP contribution in [0.1, 0.15) is 5.56 Å². The van der Waals surface area contributed by atoms with Gasteiger partial charge in [-0.25, -0.2) is 4.39 Å². The molecule has 1 fully saturated rings. The summed E-state index contributed by atoms with van der Waals surface area (Å²) in [6.45, 7) is 3.74. The minimum Gasteiger partial charge on any atom is -0.489 e. The Morgan fingerprint density at radius 2 is 1.52 bits per heavy atom. The van der Waals surface area contributed by atoms with Gasteiger partial charge in [0.1, 0.15) is 18.2 Å². The number of anilines is 2. The van der Waals surface area contributed by atoms with Crippen LogP contribution in [0.2, 0.25) is 5.02 Å². The Balaban J connectivity index is 1.17. The molecule has 0 unspecified atom stereocenters. The van der Waals surface area contributed by atoms with Crippen molar-refractivity contribution in [3.05, 3.63) is 89.2 Å². The average Bonchev–Trinajstić information content (AvgIpc) is 3.35. The van der Waals surface area contributed by atoms with E-state index in [-0.39, 0.29) is 5.82 Å². The number of hydrogen-bond donors (Lipinski definition) is 1. The van der Waals surface area contributed by atoms with Gasteiger partial charge in [-0.3, -0.25) is 5.10 Å². The van der Waals surface area contributed by atoms with Crippen molar-refractivity contribution in [3.63, 3.8) is 0 Å². The number of hydrogen-bond acceptors (Lipinski definition) is 5. The number of nitrogens with one attached hydrogen (secondary N) is 1. The largest absolute Gasteiger partial charge is 0.489 e. The maximum atomic E-state index is 13.2. The molecule has 3 aromatic carbocycles. The minimum absolute atomic E-state index is 0.215. The van der Waals surface area contributed by atoms with Crippen LogP contribution in [-0.4, -0.2) is 41.4 Å². The van der Waals surface area contributed by atoms with Crippen molar-refractivity contribution in [2.75, 3.05) is 36.0 Å². The lowest BCUT2D eigenvalue weighted by Gasteiger charge is -2.35. The van der Waals surface area contributed by atoms with Gasteiger partial charge in [0, 0.05) is 42.5 Å². The van der Waals surface area contributed by atoms with Gasteiger partial charge >= 0.3 is 0 Å². The number of benzene rings is 3. The fraction of sp³-hybridized carbons (Fsp3) is 0.200. The Kier molecular flexibility index (Phi) is 6.13. The van der Waals surface area contributed by atoms with Crippen LogP contribution in [0.5, 0.6) is 5.75 Å². The maximum Gasteiger partial charge on any atom is 0.245 e. The van der Waals surface area contributed by atoms with E-state index in [1.54, 1.807) is 0 Å². The first-order valence-corrected chi connectivity index (χ1v) is 11.2. The number of ether oxygens (including phenoxy) is 1. The third-order valence-electron chi connectivity index (χ3n) is 5.67. The number of piperazine rings is 1. The highest BCUT2D eigenvalue weighted by Gasteiger charge is 2.20. The lowest BCUT2D eigenvalue weighted by Crippen LogP contribution is -2.47. The van der Waals surface area contributed by atoms with Crippen molar-refractivity contribution in [1.29, 1.82) is 0 Å². The quantitative estimate of drug-likeness (QED) is 0.427. The van der Waals surface area contributed by atoms with E-state index in [1.165, 1.54) is 12.1 Å². The highest BCUT2D eigenvalue weighted by Crippen LogP contribution is 2.22. The Morgan fingerprint density at radius 3 is 2.21 bits per heavy atom. The molecule has 1 aliphatic rings. The maximum absolute atomic E-state index is 13.2. The molecule has 8 heteroatoms. The summed E-state index contributed by atoms with van der Waals surface area (Å²) in [6, 6.07) is 22.0. The molecular weight excluding hydrogens is 441 g/mol. The number of halogens is 2. The fourth-order valence-corrected chi connectivity index (χ4v) is 3.92. The SMILES string of the molecule is Fc1ccc(N2CCN(c3n[nH]c(-c4ccc(COc5ccc(Cl)cc5)cc4)n3)CC2)cc1. The number of H-pyrrole nitrogens is 1. The zero-order valence-corrected chi connectivity index (χ0v) is 18.7. The van der Waals surface area contributed by atoms with Gasteiger partial charge in [-0.1, -0.05) is 35.9 Å². The molecule has 0 saturated carbocycles. The van der Waals surface area contributed by atoms with Crippen LogP contribution in [0.3, 0.4) is 0 Å². The topological polar surface area (TPSA) is 57.3 Å². The minimum atomic E-state index is -0.215. The molecule has 1 aliphatic heterocycles. The summed E-state index contributed by atoms with van der Waals surface area (Å²) in [6.07, 6.45) is 0. The van der Waals surface area contributed by atoms with E-state index >= 15 is 0 Å². The second-order valence-corrected chi connectivity index (χ2v) is 8.31. The average molecular weight is 464 g/mol. The molecule has 0 radical (unpaired) electrons. The second kappa shape index (κ2) is 9.50. The third-order valence-corrected chi connectivity index (χ3v) is 5.93. The molecular formula is C25H23ClFN5O. The highest BCUT2D eigenvalue weighted by molar-refractivity contribution is 6.30. The van der Waals surface area contributed by atoms with Crippen LogP contribution in [0.4, 0.5) is 16.0 Å². The van der Waals surface area contributed by atoms with E-state index in [0.29, 0.717) is 17.6 Å². The summed E-state index contributed by atoms with van der Waals surface area (Å²) in [4.78, 5) is 9.10. The molecule has 0 bridgehead atoms. The molecule has 6 nitrogen and oxygen atoms in total. The molecule has 5 rings (SSSR count). The zero-order valence-electron chi connectivity index (χ0n) is 17.9. The van der Waals surface area contributed by atoms with Gasteiger partial charge in [0.05, 0.1) is 0 Å². The Bertz CT molecular complexity index is 1190. The van der Waals surface area contributed by atoms with E-state index in [0.717, 1.165) is 54.6 Å². The lowest BCUT2D eigenvalue weighted by atomic mass is 10.1. The van der Waals surface area contributed by atoms with Crippen molar-refractivity contribution < 1.29 is 9.13 Å². The van der Waals surface area contributed by atoms with Crippen molar-refractivity contribution in [2.24, 2.45) is 0 Å². The van der Waals surface area contributed by atoms with Crippen LogP contribution in [0, 0.1) is 5.82 Å². The van der Waals surface area contributed by atoms with Crippen LogP contribution in [0.15, 0.2) is 72.8 Å². The van der Waals surface area contributed by atoms with Crippen molar-refractivity contribution in [1.82, 2.24) is 15.2 Å². The molecule has 0 spiro atoms. The Morgan fingerprint density at radius 1 is 0.848 bits per heavy atom. The molecule has 0 amide bonds. The van der Waals surface area contributed by atoms with Crippen LogP contribution in [-0.2, 0) is 6.61 Å². The van der Waals surface area contributed by atoms with Crippen molar-refractivity contribution >= 4 is 23.2 Å². The van der Waals surface area contributed by atoms with Crippen LogP contribution < -0.4 is 14.5 Å². The van der Waals surface area contributed by atoms with Crippen molar-refractivity contribution in [3.8, 4) is 17.1 Å². The Hall–Kier alpha value is -3.58. The number of aromatic amines is 1. The molecule has 0 atom stereocenters. The van der Waals surface area contributed by atoms with Gasteiger partial charge in [0.15, 0.2) is 5.82 Å².